The number of nitrogens with one attached hydrogen (secondary N) is 2. The van der Waals surface area contributed by atoms with E-state index in [0.717, 1.165) is 96.2 Å². The molecule has 0 radical (unpaired) electrons. The maximum absolute atomic E-state index is 11.8. The number of primary amides is 1. The minimum Gasteiger partial charge on any atom is -0.506 e. The van der Waals surface area contributed by atoms with Gasteiger partial charge in [0.15, 0.2) is 0 Å². The highest BCUT2D eigenvalue weighted by atomic mass is 35.5. The lowest BCUT2D eigenvalue weighted by atomic mass is 10.00. The molecule has 4 rings (SSSR count). The van der Waals surface area contributed by atoms with Crippen molar-refractivity contribution in [2.24, 2.45) is 5.73 Å². The first-order valence-electron chi connectivity index (χ1n) is 12.9. The maximum atomic E-state index is 11.8. The van der Waals surface area contributed by atoms with Gasteiger partial charge in [0.25, 0.3) is 0 Å². The normalized spacial score (nSPS) is 16.1. The lowest BCUT2D eigenvalue weighted by Crippen LogP contribution is -2.61. The van der Waals surface area contributed by atoms with Gasteiger partial charge in [-0.15, -0.1) is 0 Å². The van der Waals surface area contributed by atoms with Gasteiger partial charge in [-0.2, -0.15) is 0 Å². The Bertz CT molecular complexity index is 1260. The number of nitrogens with zero attached hydrogens (tertiary/aromatic N) is 1. The van der Waals surface area contributed by atoms with Gasteiger partial charge in [-0.25, -0.2) is 0 Å². The number of hydrogen-bond donors (Lipinski definition) is 4. The van der Waals surface area contributed by atoms with E-state index < -0.39 is 0 Å². The van der Waals surface area contributed by atoms with Crippen LogP contribution in [-0.4, -0.2) is 72.5 Å². The van der Waals surface area contributed by atoms with E-state index in [1.54, 1.807) is 6.07 Å². The van der Waals surface area contributed by atoms with Crippen molar-refractivity contribution in [1.82, 2.24) is 10.3 Å². The Hall–Kier alpha value is -2.43. The van der Waals surface area contributed by atoms with Crippen LogP contribution in [0.25, 0.3) is 10.2 Å². The van der Waals surface area contributed by atoms with Crippen molar-refractivity contribution in [3.63, 3.8) is 0 Å². The van der Waals surface area contributed by atoms with Gasteiger partial charge in [0.2, 0.25) is 5.91 Å². The standard InChI is InChI=1S/C27H35ClN4O4S/c28-21-3-1-2-19(18-21)7-13-32(14-8-24(29)34,22-9-16-36-17-10-22)15-12-30-11-6-20-4-5-23(33)25-26(20)37-27(35)31-25/h1-5,18,22,30H,6-17H2,(H3-,29,31,33,34,35)/p+1. The van der Waals surface area contributed by atoms with Crippen LogP contribution >= 0.6 is 22.9 Å². The predicted molar refractivity (Wildman–Crippen MR) is 148 cm³/mol. The minimum atomic E-state index is -0.271. The second-order valence-corrected chi connectivity index (χ2v) is 11.2. The van der Waals surface area contributed by atoms with Crippen LogP contribution in [0.5, 0.6) is 5.75 Å². The molecule has 1 aromatic heterocycles. The lowest BCUT2D eigenvalue weighted by Gasteiger charge is -2.46. The lowest BCUT2D eigenvalue weighted by molar-refractivity contribution is -0.951. The van der Waals surface area contributed by atoms with Crippen molar-refractivity contribution in [1.29, 1.82) is 0 Å². The number of aromatic amines is 1. The van der Waals surface area contributed by atoms with Crippen molar-refractivity contribution in [2.75, 3.05) is 45.9 Å². The minimum absolute atomic E-state index is 0.0951. The molecule has 1 aliphatic heterocycles. The van der Waals surface area contributed by atoms with E-state index in [2.05, 4.69) is 16.4 Å². The number of benzene rings is 2. The summed E-state index contributed by atoms with van der Waals surface area (Å²) in [5, 5.41) is 14.4. The van der Waals surface area contributed by atoms with Gasteiger partial charge in [-0.3, -0.25) is 9.59 Å². The average Bonchev–Trinajstić information content (AvgIpc) is 3.29. The molecule has 0 bridgehead atoms. The van der Waals surface area contributed by atoms with Crippen molar-refractivity contribution < 1.29 is 19.1 Å². The molecular formula is C27H36ClN4O4S+. The van der Waals surface area contributed by atoms with Gasteiger partial charge < -0.3 is 30.4 Å². The Morgan fingerprint density at radius 1 is 1.16 bits per heavy atom. The molecule has 2 aromatic carbocycles. The Morgan fingerprint density at radius 3 is 2.73 bits per heavy atom. The quantitative estimate of drug-likeness (QED) is 0.194. The van der Waals surface area contributed by atoms with Gasteiger partial charge in [0.05, 0.1) is 50.0 Å². The van der Waals surface area contributed by atoms with Crippen LogP contribution in [0.1, 0.15) is 30.4 Å². The summed E-state index contributed by atoms with van der Waals surface area (Å²) in [6, 6.07) is 11.9. The molecule has 200 valence electrons. The molecule has 1 amide bonds. The molecule has 1 fully saturated rings. The molecule has 1 saturated heterocycles. The second-order valence-electron chi connectivity index (χ2n) is 9.79. The summed E-state index contributed by atoms with van der Waals surface area (Å²) in [4.78, 5) is 26.2. The third-order valence-electron chi connectivity index (χ3n) is 7.45. The number of hydrogen-bond acceptors (Lipinski definition) is 6. The number of aromatic hydroxyl groups is 1. The number of fused-ring (bicyclic) bond motifs is 1. The number of carbonyl (C=O) groups excluding carboxylic acids is 1. The first kappa shape index (κ1) is 27.6. The van der Waals surface area contributed by atoms with Gasteiger partial charge >= 0.3 is 4.87 Å². The summed E-state index contributed by atoms with van der Waals surface area (Å²) < 4.78 is 7.28. The van der Waals surface area contributed by atoms with E-state index >= 15 is 0 Å². The highest BCUT2D eigenvalue weighted by molar-refractivity contribution is 7.16. The number of ether oxygens (including phenoxy) is 1. The molecule has 1 unspecified atom stereocenters. The number of aromatic nitrogens is 1. The van der Waals surface area contributed by atoms with Crippen LogP contribution in [0.15, 0.2) is 41.2 Å². The van der Waals surface area contributed by atoms with E-state index in [4.69, 9.17) is 22.1 Å². The Labute approximate surface area is 226 Å². The van der Waals surface area contributed by atoms with E-state index in [9.17, 15) is 14.7 Å². The fourth-order valence-electron chi connectivity index (χ4n) is 5.41. The van der Waals surface area contributed by atoms with Crippen LogP contribution in [0.2, 0.25) is 5.02 Å². The highest BCUT2D eigenvalue weighted by Gasteiger charge is 2.37. The summed E-state index contributed by atoms with van der Waals surface area (Å²) >= 11 is 7.36. The summed E-state index contributed by atoms with van der Waals surface area (Å²) in [7, 11) is 0. The highest BCUT2D eigenvalue weighted by Crippen LogP contribution is 2.28. The summed E-state index contributed by atoms with van der Waals surface area (Å²) in [5.74, 6) is -0.176. The predicted octanol–water partition coefficient (Wildman–Crippen LogP) is 3.19. The number of halogens is 1. The van der Waals surface area contributed by atoms with E-state index in [-0.39, 0.29) is 16.5 Å². The molecular weight excluding hydrogens is 512 g/mol. The third-order valence-corrected chi connectivity index (χ3v) is 8.64. The van der Waals surface area contributed by atoms with Gasteiger partial charge in [0.1, 0.15) is 11.3 Å². The Balaban J connectivity index is 1.43. The Kier molecular flexibility index (Phi) is 9.61. The maximum Gasteiger partial charge on any atom is 0.305 e. The number of phenols is 1. The van der Waals surface area contributed by atoms with Crippen LogP contribution in [-0.2, 0) is 22.4 Å². The van der Waals surface area contributed by atoms with E-state index in [0.29, 0.717) is 24.5 Å². The Morgan fingerprint density at radius 2 is 1.97 bits per heavy atom. The molecule has 37 heavy (non-hydrogen) atoms. The number of carbonyl (C=O) groups is 1. The van der Waals surface area contributed by atoms with Crippen LogP contribution in [0.3, 0.4) is 0 Å². The third kappa shape index (κ3) is 7.33. The van der Waals surface area contributed by atoms with E-state index in [1.807, 2.05) is 24.3 Å². The zero-order valence-electron chi connectivity index (χ0n) is 21.0. The van der Waals surface area contributed by atoms with Gasteiger partial charge in [-0.05, 0) is 42.3 Å². The second kappa shape index (κ2) is 12.9. The molecule has 0 saturated carbocycles. The monoisotopic (exact) mass is 547 g/mol. The average molecular weight is 548 g/mol. The summed E-state index contributed by atoms with van der Waals surface area (Å²) in [6.45, 7) is 5.49. The fourth-order valence-corrected chi connectivity index (χ4v) is 6.52. The van der Waals surface area contributed by atoms with E-state index in [1.165, 1.54) is 5.56 Å². The number of rotatable bonds is 13. The van der Waals surface area contributed by atoms with Gasteiger partial charge in [0, 0.05) is 30.8 Å². The zero-order chi connectivity index (χ0) is 26.3. The van der Waals surface area contributed by atoms with Gasteiger partial charge in [-0.1, -0.05) is 41.1 Å². The van der Waals surface area contributed by atoms with Crippen LogP contribution in [0, 0.1) is 0 Å². The molecule has 1 atom stereocenters. The molecule has 5 N–H and O–H groups in total. The van der Waals surface area contributed by atoms with Crippen LogP contribution < -0.4 is 15.9 Å². The summed E-state index contributed by atoms with van der Waals surface area (Å²) in [5.41, 5.74) is 8.34. The number of phenolic OH excluding ortho intramolecular Hbond substituents is 1. The smallest absolute Gasteiger partial charge is 0.305 e. The number of quaternary nitrogens is 1. The number of amides is 1. The van der Waals surface area contributed by atoms with Crippen molar-refractivity contribution in [3.8, 4) is 5.75 Å². The van der Waals surface area contributed by atoms with Crippen LogP contribution in [0.4, 0.5) is 0 Å². The molecule has 0 aliphatic carbocycles. The molecule has 10 heteroatoms. The number of thiazole rings is 1. The van der Waals surface area contributed by atoms with Crippen molar-refractivity contribution in [3.05, 3.63) is 62.2 Å². The molecule has 2 heterocycles. The number of H-pyrrole nitrogens is 1. The molecule has 0 spiro atoms. The topological polar surface area (TPSA) is 117 Å². The fraction of sp³-hybridized carbons (Fsp3) is 0.481. The van der Waals surface area contributed by atoms with Crippen molar-refractivity contribution in [2.45, 2.75) is 38.1 Å². The van der Waals surface area contributed by atoms with Crippen molar-refractivity contribution >= 4 is 39.1 Å². The SMILES string of the molecule is NC(=O)CC[N+](CCNCCc1ccc(O)c2[nH]c(=O)sc12)(CCc1cccc(Cl)c1)C1CCOCC1. The first-order chi connectivity index (χ1) is 17.9. The molecule has 3 aromatic rings. The summed E-state index contributed by atoms with van der Waals surface area (Å²) in [6.07, 6.45) is 3.89. The zero-order valence-corrected chi connectivity index (χ0v) is 22.6. The number of nitrogens with two attached hydrogens (primary N) is 1. The molecule has 8 nitrogen and oxygen atoms in total. The first-order valence-corrected chi connectivity index (χ1v) is 14.1. The largest absolute Gasteiger partial charge is 0.506 e. The molecule has 1 aliphatic rings.